The van der Waals surface area contributed by atoms with Gasteiger partial charge in [-0.15, -0.1) is 11.3 Å². The van der Waals surface area contributed by atoms with Crippen molar-refractivity contribution in [3.05, 3.63) is 105 Å². The van der Waals surface area contributed by atoms with Crippen LogP contribution in [0.5, 0.6) is 0 Å². The molecule has 0 spiro atoms. The number of carbonyl (C=O) groups is 3. The largest absolute Gasteiger partial charge is 0.399 e. The van der Waals surface area contributed by atoms with Crippen LogP contribution in [0, 0.1) is 0 Å². The molecule has 3 heterocycles. The summed E-state index contributed by atoms with van der Waals surface area (Å²) in [6.45, 7) is 1.46. The molecule has 1 aromatic heterocycles. The standard InChI is InChI=1S/C34H33BrF2N3O7PS/c35-25-11-8-21(9-12-25)17-26(38-31(41)30-19-23-18-24(10-13-29(23)49-30)34(36,37)48(44,45)46)32(42)40-14-4-7-27(40)33(43)39-15-16-47-28(20-39)22-5-2-1-3-6-22/h1-3,5-6,8-13,18-19,26-28H,4,7,14-17,20H2,(H,38,41)(H2,44,45,46). The molecule has 49 heavy (non-hydrogen) atoms. The highest BCUT2D eigenvalue weighted by atomic mass is 79.9. The van der Waals surface area contributed by atoms with E-state index in [-0.39, 0.29) is 28.7 Å². The SMILES string of the molecule is O=C(NC(Cc1ccc(Br)cc1)C(=O)N1CCCC1C(=O)N1CCOC(c2ccccc2)C1)c1cc2cc(C(F)(F)P(=O)(O)O)ccc2s1. The average Bonchev–Trinajstić information content (AvgIpc) is 3.76. The summed E-state index contributed by atoms with van der Waals surface area (Å²) in [6.07, 6.45) is 0.946. The van der Waals surface area contributed by atoms with Gasteiger partial charge in [0.1, 0.15) is 18.2 Å². The second kappa shape index (κ2) is 14.4. The molecule has 2 saturated heterocycles. The molecule has 258 valence electrons. The Morgan fingerprint density at radius 1 is 1.04 bits per heavy atom. The molecule has 0 saturated carbocycles. The van der Waals surface area contributed by atoms with Crippen LogP contribution >= 0.6 is 34.9 Å². The Morgan fingerprint density at radius 2 is 1.78 bits per heavy atom. The summed E-state index contributed by atoms with van der Waals surface area (Å²) in [6, 6.07) is 19.6. The topological polar surface area (TPSA) is 136 Å². The Balaban J connectivity index is 1.23. The van der Waals surface area contributed by atoms with E-state index in [1.807, 2.05) is 54.6 Å². The fraction of sp³-hybridized carbons (Fsp3) is 0.324. The number of rotatable bonds is 9. The van der Waals surface area contributed by atoms with Crippen molar-refractivity contribution >= 4 is 62.7 Å². The van der Waals surface area contributed by atoms with Crippen LogP contribution in [-0.2, 0) is 31.0 Å². The Kier molecular flexibility index (Phi) is 10.4. The number of alkyl halides is 2. The third kappa shape index (κ3) is 7.64. The van der Waals surface area contributed by atoms with Gasteiger partial charge >= 0.3 is 13.3 Å². The van der Waals surface area contributed by atoms with Crippen LogP contribution < -0.4 is 5.32 Å². The first-order valence-electron chi connectivity index (χ1n) is 15.6. The van der Waals surface area contributed by atoms with Gasteiger partial charge in [-0.1, -0.05) is 64.5 Å². The lowest BCUT2D eigenvalue weighted by Crippen LogP contribution is -2.56. The summed E-state index contributed by atoms with van der Waals surface area (Å²) in [4.78, 5) is 63.5. The van der Waals surface area contributed by atoms with E-state index in [1.165, 1.54) is 12.1 Å². The number of carbonyl (C=O) groups excluding carboxylic acids is 3. The Labute approximate surface area is 293 Å². The lowest BCUT2D eigenvalue weighted by atomic mass is 10.0. The van der Waals surface area contributed by atoms with E-state index in [0.717, 1.165) is 39.1 Å². The average molecular weight is 777 g/mol. The van der Waals surface area contributed by atoms with Crippen molar-refractivity contribution in [2.24, 2.45) is 0 Å². The minimum Gasteiger partial charge on any atom is -0.370 e. The number of thiophene rings is 1. The monoisotopic (exact) mass is 775 g/mol. The molecule has 3 aromatic carbocycles. The number of likely N-dealkylation sites (tertiary alicyclic amines) is 1. The van der Waals surface area contributed by atoms with Gasteiger partial charge in [-0.05, 0) is 59.7 Å². The van der Waals surface area contributed by atoms with Crippen molar-refractivity contribution < 1.29 is 42.3 Å². The predicted molar refractivity (Wildman–Crippen MR) is 183 cm³/mol. The molecule has 3 N–H and O–H groups in total. The van der Waals surface area contributed by atoms with Crippen molar-refractivity contribution in [3.63, 3.8) is 0 Å². The van der Waals surface area contributed by atoms with Crippen LogP contribution in [0.2, 0.25) is 0 Å². The molecule has 0 radical (unpaired) electrons. The Morgan fingerprint density at radius 3 is 2.49 bits per heavy atom. The van der Waals surface area contributed by atoms with Crippen LogP contribution in [0.25, 0.3) is 10.1 Å². The summed E-state index contributed by atoms with van der Waals surface area (Å²) in [5, 5.41) is 3.02. The highest BCUT2D eigenvalue weighted by Gasteiger charge is 2.50. The van der Waals surface area contributed by atoms with Crippen molar-refractivity contribution in [2.75, 3.05) is 26.2 Å². The summed E-state index contributed by atoms with van der Waals surface area (Å²) >= 11 is 4.40. The number of nitrogens with zero attached hydrogens (tertiary/aromatic N) is 2. The first kappa shape index (κ1) is 35.3. The second-order valence-electron chi connectivity index (χ2n) is 12.0. The molecule has 3 unspecified atom stereocenters. The van der Waals surface area contributed by atoms with Crippen molar-refractivity contribution in [2.45, 2.75) is 43.1 Å². The Hall–Kier alpha value is -3.52. The number of morpholine rings is 1. The highest BCUT2D eigenvalue weighted by molar-refractivity contribution is 9.10. The maximum Gasteiger partial charge on any atom is 0.399 e. The zero-order chi connectivity index (χ0) is 34.9. The number of hydrogen-bond donors (Lipinski definition) is 3. The molecule has 2 fully saturated rings. The van der Waals surface area contributed by atoms with Crippen LogP contribution in [0.1, 0.15) is 45.3 Å². The summed E-state index contributed by atoms with van der Waals surface area (Å²) in [7, 11) is -5.78. The Bertz CT molecular complexity index is 1910. The van der Waals surface area contributed by atoms with Crippen LogP contribution in [-0.4, -0.2) is 75.6 Å². The summed E-state index contributed by atoms with van der Waals surface area (Å²) in [5.41, 5.74) is -3.55. The number of ether oxygens (including phenoxy) is 1. The van der Waals surface area contributed by atoms with Gasteiger partial charge in [-0.25, -0.2) is 0 Å². The lowest BCUT2D eigenvalue weighted by molar-refractivity contribution is -0.149. The number of benzene rings is 3. The minimum absolute atomic E-state index is 0.120. The first-order chi connectivity index (χ1) is 23.3. The fourth-order valence-electron chi connectivity index (χ4n) is 6.21. The zero-order valence-electron chi connectivity index (χ0n) is 26.0. The third-order valence-electron chi connectivity index (χ3n) is 8.78. The highest BCUT2D eigenvalue weighted by Crippen LogP contribution is 2.59. The number of amides is 3. The molecule has 2 aliphatic heterocycles. The number of hydrogen-bond acceptors (Lipinski definition) is 6. The predicted octanol–water partition coefficient (Wildman–Crippen LogP) is 5.82. The van der Waals surface area contributed by atoms with Gasteiger partial charge in [0.15, 0.2) is 0 Å². The van der Waals surface area contributed by atoms with Gasteiger partial charge in [-0.2, -0.15) is 8.78 Å². The number of fused-ring (bicyclic) bond motifs is 1. The van der Waals surface area contributed by atoms with Gasteiger partial charge in [-0.3, -0.25) is 18.9 Å². The first-order valence-corrected chi connectivity index (χ1v) is 18.8. The smallest absolute Gasteiger partial charge is 0.370 e. The van der Waals surface area contributed by atoms with Gasteiger partial charge < -0.3 is 29.6 Å². The molecule has 3 atom stereocenters. The van der Waals surface area contributed by atoms with Crippen LogP contribution in [0.3, 0.4) is 0 Å². The van der Waals surface area contributed by atoms with Crippen LogP contribution in [0.4, 0.5) is 8.78 Å². The van der Waals surface area contributed by atoms with E-state index in [2.05, 4.69) is 21.2 Å². The molecular formula is C34H33BrF2N3O7PS. The number of nitrogens with one attached hydrogen (secondary N) is 1. The molecular weight excluding hydrogens is 743 g/mol. The third-order valence-corrected chi connectivity index (χ3v) is 11.4. The van der Waals surface area contributed by atoms with Gasteiger partial charge in [0.2, 0.25) is 11.8 Å². The zero-order valence-corrected chi connectivity index (χ0v) is 29.3. The molecule has 0 bridgehead atoms. The van der Waals surface area contributed by atoms with Gasteiger partial charge in [0, 0.05) is 34.2 Å². The van der Waals surface area contributed by atoms with E-state index in [1.54, 1.807) is 9.80 Å². The van der Waals surface area contributed by atoms with Crippen molar-refractivity contribution in [1.29, 1.82) is 0 Å². The molecule has 2 aliphatic rings. The van der Waals surface area contributed by atoms with Gasteiger partial charge in [0.05, 0.1) is 18.0 Å². The quantitative estimate of drug-likeness (QED) is 0.182. The molecule has 3 amide bonds. The maximum absolute atomic E-state index is 14.4. The second-order valence-corrected chi connectivity index (χ2v) is 15.7. The lowest BCUT2D eigenvalue weighted by Gasteiger charge is -2.37. The number of halogens is 3. The van der Waals surface area contributed by atoms with Crippen molar-refractivity contribution in [1.82, 2.24) is 15.1 Å². The fourth-order valence-corrected chi connectivity index (χ4v) is 7.90. The van der Waals surface area contributed by atoms with E-state index in [0.29, 0.717) is 43.8 Å². The van der Waals surface area contributed by atoms with Crippen molar-refractivity contribution in [3.8, 4) is 0 Å². The normalized spacial score (nSPS) is 19.2. The molecule has 0 aliphatic carbocycles. The van der Waals surface area contributed by atoms with E-state index in [4.69, 9.17) is 14.5 Å². The molecule has 4 aromatic rings. The van der Waals surface area contributed by atoms with E-state index < -0.39 is 42.7 Å². The summed E-state index contributed by atoms with van der Waals surface area (Å²) < 4.78 is 47.4. The molecule has 6 rings (SSSR count). The maximum atomic E-state index is 14.4. The van der Waals surface area contributed by atoms with Crippen LogP contribution in [0.15, 0.2) is 83.3 Å². The molecule has 15 heteroatoms. The summed E-state index contributed by atoms with van der Waals surface area (Å²) in [5.74, 6) is -1.21. The van der Waals surface area contributed by atoms with E-state index >= 15 is 0 Å². The molecule has 10 nitrogen and oxygen atoms in total. The van der Waals surface area contributed by atoms with Gasteiger partial charge in [0.25, 0.3) is 5.91 Å². The minimum atomic E-state index is -5.78. The van der Waals surface area contributed by atoms with E-state index in [9.17, 15) is 27.7 Å².